The van der Waals surface area contributed by atoms with E-state index in [9.17, 15) is 0 Å². The molecule has 0 saturated heterocycles. The third-order valence-corrected chi connectivity index (χ3v) is 3.20. The molecule has 0 aromatic heterocycles. The van der Waals surface area contributed by atoms with Crippen molar-refractivity contribution in [2.75, 3.05) is 20.0 Å². The lowest BCUT2D eigenvalue weighted by molar-refractivity contribution is 0.394. The maximum absolute atomic E-state index is 5.71. The average Bonchev–Trinajstić information content (AvgIpc) is 2.25. The minimum absolute atomic E-state index is 0.172. The fourth-order valence-electron chi connectivity index (χ4n) is 1.12. The number of rotatable bonds is 5. The highest BCUT2D eigenvalue weighted by Crippen LogP contribution is 2.32. The van der Waals surface area contributed by atoms with Gasteiger partial charge in [0, 0.05) is 11.8 Å². The first-order valence-electron chi connectivity index (χ1n) is 4.77. The normalized spacial score (nSPS) is 12.3. The monoisotopic (exact) mass is 227 g/mol. The summed E-state index contributed by atoms with van der Waals surface area (Å²) < 4.78 is 10.4. The SMILES string of the molecule is COc1ccc(OC)c(SCC(C)N)c1. The molecule has 0 saturated carbocycles. The molecule has 1 aromatic carbocycles. The van der Waals surface area contributed by atoms with Crippen LogP contribution in [0.4, 0.5) is 0 Å². The van der Waals surface area contributed by atoms with Crippen LogP contribution in [0.15, 0.2) is 23.1 Å². The van der Waals surface area contributed by atoms with E-state index in [1.807, 2.05) is 25.1 Å². The third kappa shape index (κ3) is 3.64. The molecule has 84 valence electrons. The van der Waals surface area contributed by atoms with E-state index in [0.717, 1.165) is 22.1 Å². The molecular weight excluding hydrogens is 210 g/mol. The molecule has 0 spiro atoms. The Morgan fingerprint density at radius 2 is 2.07 bits per heavy atom. The van der Waals surface area contributed by atoms with Gasteiger partial charge in [-0.15, -0.1) is 11.8 Å². The van der Waals surface area contributed by atoms with Gasteiger partial charge in [0.25, 0.3) is 0 Å². The molecule has 1 aromatic rings. The van der Waals surface area contributed by atoms with Crippen LogP contribution in [0, 0.1) is 0 Å². The predicted molar refractivity (Wildman–Crippen MR) is 63.9 cm³/mol. The van der Waals surface area contributed by atoms with E-state index < -0.39 is 0 Å². The summed E-state index contributed by atoms with van der Waals surface area (Å²) in [6.07, 6.45) is 0. The molecule has 4 heteroatoms. The molecule has 1 unspecified atom stereocenters. The molecule has 0 fully saturated rings. The van der Waals surface area contributed by atoms with Gasteiger partial charge < -0.3 is 15.2 Å². The summed E-state index contributed by atoms with van der Waals surface area (Å²) in [7, 11) is 3.32. The van der Waals surface area contributed by atoms with Crippen molar-refractivity contribution in [3.63, 3.8) is 0 Å². The fourth-order valence-corrected chi connectivity index (χ4v) is 2.05. The lowest BCUT2D eigenvalue weighted by Gasteiger charge is -2.11. The number of nitrogens with two attached hydrogens (primary N) is 1. The van der Waals surface area contributed by atoms with E-state index in [2.05, 4.69) is 0 Å². The molecule has 2 N–H and O–H groups in total. The molecule has 15 heavy (non-hydrogen) atoms. The Kier molecular flexibility index (Phi) is 4.78. The topological polar surface area (TPSA) is 44.5 Å². The molecule has 0 bridgehead atoms. The van der Waals surface area contributed by atoms with Gasteiger partial charge in [0.1, 0.15) is 11.5 Å². The van der Waals surface area contributed by atoms with Crippen molar-refractivity contribution in [3.8, 4) is 11.5 Å². The van der Waals surface area contributed by atoms with Gasteiger partial charge in [0.05, 0.1) is 19.1 Å². The fraction of sp³-hybridized carbons (Fsp3) is 0.455. The van der Waals surface area contributed by atoms with Crippen LogP contribution in [0.5, 0.6) is 11.5 Å². The molecule has 0 aliphatic heterocycles. The van der Waals surface area contributed by atoms with E-state index in [-0.39, 0.29) is 6.04 Å². The van der Waals surface area contributed by atoms with Gasteiger partial charge in [-0.1, -0.05) is 0 Å². The van der Waals surface area contributed by atoms with Crippen molar-refractivity contribution in [1.29, 1.82) is 0 Å². The number of benzene rings is 1. The molecule has 0 aliphatic carbocycles. The summed E-state index contributed by atoms with van der Waals surface area (Å²) in [6.45, 7) is 1.99. The number of hydrogen-bond donors (Lipinski definition) is 1. The Morgan fingerprint density at radius 1 is 1.33 bits per heavy atom. The van der Waals surface area contributed by atoms with Crippen molar-refractivity contribution in [1.82, 2.24) is 0 Å². The van der Waals surface area contributed by atoms with Gasteiger partial charge in [-0.25, -0.2) is 0 Å². The standard InChI is InChI=1S/C11H17NO2S/c1-8(12)7-15-11-6-9(13-2)4-5-10(11)14-3/h4-6,8H,7,12H2,1-3H3. The molecule has 3 nitrogen and oxygen atoms in total. The second kappa shape index (κ2) is 5.88. The first kappa shape index (κ1) is 12.2. The Morgan fingerprint density at radius 3 is 2.60 bits per heavy atom. The largest absolute Gasteiger partial charge is 0.497 e. The first-order chi connectivity index (χ1) is 7.17. The smallest absolute Gasteiger partial charge is 0.132 e. The maximum atomic E-state index is 5.71. The van der Waals surface area contributed by atoms with Crippen LogP contribution in [-0.2, 0) is 0 Å². The zero-order chi connectivity index (χ0) is 11.3. The maximum Gasteiger partial charge on any atom is 0.132 e. The second-order valence-electron chi connectivity index (χ2n) is 3.31. The van der Waals surface area contributed by atoms with Crippen LogP contribution in [0.25, 0.3) is 0 Å². The van der Waals surface area contributed by atoms with Gasteiger partial charge in [0.2, 0.25) is 0 Å². The minimum Gasteiger partial charge on any atom is -0.497 e. The number of ether oxygens (including phenoxy) is 2. The quantitative estimate of drug-likeness (QED) is 0.783. The number of methoxy groups -OCH3 is 2. The highest BCUT2D eigenvalue weighted by Gasteiger charge is 2.06. The number of thioether (sulfide) groups is 1. The Balaban J connectivity index is 2.81. The van der Waals surface area contributed by atoms with Crippen LogP contribution in [0.2, 0.25) is 0 Å². The summed E-state index contributed by atoms with van der Waals surface area (Å²) in [4.78, 5) is 1.06. The predicted octanol–water partition coefficient (Wildman–Crippen LogP) is 2.14. The van der Waals surface area contributed by atoms with Crippen LogP contribution < -0.4 is 15.2 Å². The molecule has 1 atom stereocenters. The van der Waals surface area contributed by atoms with Gasteiger partial charge in [-0.2, -0.15) is 0 Å². The van der Waals surface area contributed by atoms with E-state index in [0.29, 0.717) is 0 Å². The van der Waals surface area contributed by atoms with E-state index in [4.69, 9.17) is 15.2 Å². The van der Waals surface area contributed by atoms with Crippen molar-refractivity contribution in [3.05, 3.63) is 18.2 Å². The minimum atomic E-state index is 0.172. The third-order valence-electron chi connectivity index (χ3n) is 1.87. The first-order valence-corrected chi connectivity index (χ1v) is 5.76. The van der Waals surface area contributed by atoms with Crippen molar-refractivity contribution in [2.24, 2.45) is 5.73 Å². The molecular formula is C11H17NO2S. The van der Waals surface area contributed by atoms with Crippen molar-refractivity contribution >= 4 is 11.8 Å². The lowest BCUT2D eigenvalue weighted by atomic mass is 10.3. The van der Waals surface area contributed by atoms with Crippen LogP contribution in [-0.4, -0.2) is 26.0 Å². The molecule has 0 amide bonds. The second-order valence-corrected chi connectivity index (χ2v) is 4.37. The Hall–Kier alpha value is -0.870. The van der Waals surface area contributed by atoms with E-state index in [1.165, 1.54) is 0 Å². The Labute approximate surface area is 94.9 Å². The van der Waals surface area contributed by atoms with Gasteiger partial charge >= 0.3 is 0 Å². The van der Waals surface area contributed by atoms with Crippen LogP contribution >= 0.6 is 11.8 Å². The molecule has 0 aliphatic rings. The van der Waals surface area contributed by atoms with E-state index in [1.54, 1.807) is 26.0 Å². The highest BCUT2D eigenvalue weighted by molar-refractivity contribution is 7.99. The number of hydrogen-bond acceptors (Lipinski definition) is 4. The zero-order valence-electron chi connectivity index (χ0n) is 9.32. The molecule has 0 radical (unpaired) electrons. The van der Waals surface area contributed by atoms with Gasteiger partial charge in [-0.05, 0) is 25.1 Å². The van der Waals surface area contributed by atoms with Crippen molar-refractivity contribution < 1.29 is 9.47 Å². The van der Waals surface area contributed by atoms with Crippen LogP contribution in [0.1, 0.15) is 6.92 Å². The van der Waals surface area contributed by atoms with Gasteiger partial charge in [0.15, 0.2) is 0 Å². The Bertz CT molecular complexity index is 315. The molecule has 0 heterocycles. The van der Waals surface area contributed by atoms with E-state index >= 15 is 0 Å². The lowest BCUT2D eigenvalue weighted by Crippen LogP contribution is -2.17. The summed E-state index contributed by atoms with van der Waals surface area (Å²) in [6, 6.07) is 5.93. The summed E-state index contributed by atoms with van der Waals surface area (Å²) in [5.41, 5.74) is 5.71. The average molecular weight is 227 g/mol. The molecule has 1 rings (SSSR count). The highest BCUT2D eigenvalue weighted by atomic mass is 32.2. The zero-order valence-corrected chi connectivity index (χ0v) is 10.1. The summed E-state index contributed by atoms with van der Waals surface area (Å²) >= 11 is 1.68. The van der Waals surface area contributed by atoms with Gasteiger partial charge in [-0.3, -0.25) is 0 Å². The van der Waals surface area contributed by atoms with Crippen LogP contribution in [0.3, 0.4) is 0 Å². The summed E-state index contributed by atoms with van der Waals surface area (Å²) in [5.74, 6) is 2.56. The van der Waals surface area contributed by atoms with Crippen molar-refractivity contribution in [2.45, 2.75) is 17.9 Å². The summed E-state index contributed by atoms with van der Waals surface area (Å²) in [5, 5.41) is 0.